The van der Waals surface area contributed by atoms with Gasteiger partial charge in [-0.05, 0) is 32.0 Å². The zero-order valence-corrected chi connectivity index (χ0v) is 10.7. The normalized spacial score (nSPS) is 12.1. The molecule has 1 atom stereocenters. The first-order chi connectivity index (χ1) is 8.97. The Kier molecular flexibility index (Phi) is 3.41. The number of hydrogen-bond acceptors (Lipinski definition) is 5. The van der Waals surface area contributed by atoms with E-state index < -0.39 is 5.97 Å². The number of rotatable bonds is 4. The zero-order valence-electron chi connectivity index (χ0n) is 10.7. The molecule has 2 rings (SSSR count). The summed E-state index contributed by atoms with van der Waals surface area (Å²) in [6, 6.07) is 4.59. The first-order valence-corrected chi connectivity index (χ1v) is 5.79. The van der Waals surface area contributed by atoms with Crippen LogP contribution in [0, 0.1) is 6.92 Å². The van der Waals surface area contributed by atoms with Crippen LogP contribution in [-0.4, -0.2) is 16.1 Å². The van der Waals surface area contributed by atoms with Crippen molar-refractivity contribution in [1.82, 2.24) is 4.98 Å². The highest BCUT2D eigenvalue weighted by Crippen LogP contribution is 2.22. The van der Waals surface area contributed by atoms with Crippen LogP contribution < -0.4 is 11.1 Å². The molecule has 0 saturated carbocycles. The summed E-state index contributed by atoms with van der Waals surface area (Å²) >= 11 is 0. The molecule has 0 saturated heterocycles. The van der Waals surface area contributed by atoms with Gasteiger partial charge in [0.15, 0.2) is 0 Å². The molecule has 1 aromatic heterocycles. The lowest BCUT2D eigenvalue weighted by Gasteiger charge is -2.13. The lowest BCUT2D eigenvalue weighted by molar-refractivity contribution is 0.0698. The van der Waals surface area contributed by atoms with E-state index in [2.05, 4.69) is 10.3 Å². The topological polar surface area (TPSA) is 101 Å². The maximum absolute atomic E-state index is 11.0. The summed E-state index contributed by atoms with van der Waals surface area (Å²) in [5.41, 5.74) is 6.55. The number of nitrogen functional groups attached to an aromatic ring is 1. The number of nitrogens with one attached hydrogen (secondary N) is 1. The van der Waals surface area contributed by atoms with Gasteiger partial charge in [-0.1, -0.05) is 0 Å². The van der Waals surface area contributed by atoms with Crippen LogP contribution in [-0.2, 0) is 0 Å². The molecule has 2 aromatic rings. The van der Waals surface area contributed by atoms with Gasteiger partial charge >= 0.3 is 5.97 Å². The van der Waals surface area contributed by atoms with Crippen LogP contribution >= 0.6 is 0 Å². The van der Waals surface area contributed by atoms with Crippen LogP contribution in [0.4, 0.5) is 11.4 Å². The smallest absolute Gasteiger partial charge is 0.337 e. The van der Waals surface area contributed by atoms with Gasteiger partial charge in [0.05, 0.1) is 11.8 Å². The summed E-state index contributed by atoms with van der Waals surface area (Å²) in [4.78, 5) is 15.1. The van der Waals surface area contributed by atoms with Gasteiger partial charge in [0.1, 0.15) is 11.8 Å². The number of anilines is 2. The van der Waals surface area contributed by atoms with Gasteiger partial charge in [-0.3, -0.25) is 0 Å². The van der Waals surface area contributed by atoms with Gasteiger partial charge in [0, 0.05) is 11.4 Å². The third kappa shape index (κ3) is 2.85. The Morgan fingerprint density at radius 2 is 2.26 bits per heavy atom. The molecule has 19 heavy (non-hydrogen) atoms. The first-order valence-electron chi connectivity index (χ1n) is 5.79. The predicted molar refractivity (Wildman–Crippen MR) is 71.1 cm³/mol. The quantitative estimate of drug-likeness (QED) is 0.731. The Morgan fingerprint density at radius 3 is 2.84 bits per heavy atom. The van der Waals surface area contributed by atoms with E-state index in [1.54, 1.807) is 18.3 Å². The molecular formula is C13H15N3O3. The van der Waals surface area contributed by atoms with E-state index in [1.807, 2.05) is 13.8 Å². The van der Waals surface area contributed by atoms with Gasteiger partial charge in [0.2, 0.25) is 5.89 Å². The number of nitrogens with zero attached hydrogens (tertiary/aromatic N) is 1. The van der Waals surface area contributed by atoms with Crippen molar-refractivity contribution in [2.45, 2.75) is 19.9 Å². The van der Waals surface area contributed by atoms with E-state index in [0.29, 0.717) is 11.6 Å². The van der Waals surface area contributed by atoms with Crippen molar-refractivity contribution in [3.63, 3.8) is 0 Å². The molecule has 0 fully saturated rings. The average Bonchev–Trinajstić information content (AvgIpc) is 2.78. The van der Waals surface area contributed by atoms with Crippen LogP contribution in [0.25, 0.3) is 0 Å². The summed E-state index contributed by atoms with van der Waals surface area (Å²) in [6.07, 6.45) is 1.64. The molecular weight excluding hydrogens is 246 g/mol. The van der Waals surface area contributed by atoms with Crippen LogP contribution in [0.5, 0.6) is 0 Å². The summed E-state index contributed by atoms with van der Waals surface area (Å²) in [7, 11) is 0. The first kappa shape index (κ1) is 12.9. The minimum Gasteiger partial charge on any atom is -0.478 e. The number of nitrogens with two attached hydrogens (primary N) is 1. The van der Waals surface area contributed by atoms with Gasteiger partial charge in [-0.15, -0.1) is 0 Å². The predicted octanol–water partition coefficient (Wildman–Crippen LogP) is 2.44. The number of aryl methyl sites for hydroxylation is 1. The van der Waals surface area contributed by atoms with Gasteiger partial charge < -0.3 is 20.6 Å². The lowest BCUT2D eigenvalue weighted by atomic mass is 10.1. The van der Waals surface area contributed by atoms with Crippen molar-refractivity contribution in [2.24, 2.45) is 0 Å². The Hall–Kier alpha value is -2.50. The summed E-state index contributed by atoms with van der Waals surface area (Å²) in [6.45, 7) is 3.69. The highest BCUT2D eigenvalue weighted by atomic mass is 16.4. The second-order valence-electron chi connectivity index (χ2n) is 4.28. The molecule has 0 amide bonds. The molecule has 0 spiro atoms. The Balaban J connectivity index is 2.19. The lowest BCUT2D eigenvalue weighted by Crippen LogP contribution is -2.09. The molecule has 0 bridgehead atoms. The van der Waals surface area contributed by atoms with Crippen LogP contribution in [0.2, 0.25) is 0 Å². The summed E-state index contributed by atoms with van der Waals surface area (Å²) < 4.78 is 5.40. The van der Waals surface area contributed by atoms with Gasteiger partial charge in [-0.2, -0.15) is 0 Å². The zero-order chi connectivity index (χ0) is 14.0. The maximum atomic E-state index is 11.0. The standard InChI is InChI=1S/C13H15N3O3/c1-7-6-15-12(19-7)8(2)16-9-3-4-11(14)10(5-9)13(17)18/h3-6,8,16H,14H2,1-2H3,(H,17,18). The van der Waals surface area contributed by atoms with E-state index in [-0.39, 0.29) is 17.3 Å². The van der Waals surface area contributed by atoms with Crippen molar-refractivity contribution in [2.75, 3.05) is 11.1 Å². The maximum Gasteiger partial charge on any atom is 0.337 e. The van der Waals surface area contributed by atoms with Crippen molar-refractivity contribution in [1.29, 1.82) is 0 Å². The summed E-state index contributed by atoms with van der Waals surface area (Å²) in [5, 5.41) is 12.1. The number of aromatic nitrogens is 1. The molecule has 0 radical (unpaired) electrons. The van der Waals surface area contributed by atoms with Gasteiger partial charge in [0.25, 0.3) is 0 Å². The van der Waals surface area contributed by atoms with Crippen molar-refractivity contribution < 1.29 is 14.3 Å². The van der Waals surface area contributed by atoms with E-state index >= 15 is 0 Å². The second kappa shape index (κ2) is 5.01. The third-order valence-corrected chi connectivity index (χ3v) is 2.68. The number of carboxylic acid groups (broad SMARTS) is 1. The second-order valence-corrected chi connectivity index (χ2v) is 4.28. The SMILES string of the molecule is Cc1cnc(C(C)Nc2ccc(N)c(C(=O)O)c2)o1. The third-order valence-electron chi connectivity index (χ3n) is 2.68. The van der Waals surface area contributed by atoms with E-state index in [4.69, 9.17) is 15.3 Å². The van der Waals surface area contributed by atoms with Crippen LogP contribution in [0.3, 0.4) is 0 Å². The molecule has 6 heteroatoms. The van der Waals surface area contributed by atoms with E-state index in [9.17, 15) is 4.79 Å². The Bertz CT molecular complexity index is 607. The number of oxazole rings is 1. The molecule has 4 N–H and O–H groups in total. The monoisotopic (exact) mass is 261 g/mol. The molecule has 6 nitrogen and oxygen atoms in total. The average molecular weight is 261 g/mol. The largest absolute Gasteiger partial charge is 0.478 e. The fraction of sp³-hybridized carbons (Fsp3) is 0.231. The van der Waals surface area contributed by atoms with Crippen molar-refractivity contribution in [3.8, 4) is 0 Å². The van der Waals surface area contributed by atoms with Crippen molar-refractivity contribution in [3.05, 3.63) is 41.6 Å². The minimum atomic E-state index is -1.05. The molecule has 100 valence electrons. The van der Waals surface area contributed by atoms with Crippen molar-refractivity contribution >= 4 is 17.3 Å². The molecule has 0 aliphatic rings. The van der Waals surface area contributed by atoms with E-state index in [0.717, 1.165) is 5.76 Å². The number of aromatic carboxylic acids is 1. The molecule has 1 unspecified atom stereocenters. The molecule has 1 heterocycles. The van der Waals surface area contributed by atoms with E-state index in [1.165, 1.54) is 6.07 Å². The minimum absolute atomic E-state index is 0.0702. The fourth-order valence-electron chi connectivity index (χ4n) is 1.72. The number of benzene rings is 1. The highest BCUT2D eigenvalue weighted by molar-refractivity contribution is 5.94. The van der Waals surface area contributed by atoms with Crippen LogP contribution in [0.1, 0.15) is 35.0 Å². The van der Waals surface area contributed by atoms with Gasteiger partial charge in [-0.25, -0.2) is 9.78 Å². The molecule has 0 aliphatic heterocycles. The number of carboxylic acids is 1. The highest BCUT2D eigenvalue weighted by Gasteiger charge is 2.13. The van der Waals surface area contributed by atoms with Crippen LogP contribution in [0.15, 0.2) is 28.8 Å². The summed E-state index contributed by atoms with van der Waals surface area (Å²) in [5.74, 6) is 0.221. The molecule has 1 aromatic carbocycles. The Labute approximate surface area is 110 Å². The fourth-order valence-corrected chi connectivity index (χ4v) is 1.72. The molecule has 0 aliphatic carbocycles. The number of carbonyl (C=O) groups is 1. The Morgan fingerprint density at radius 1 is 1.53 bits per heavy atom. The number of hydrogen-bond donors (Lipinski definition) is 3.